The Labute approximate surface area is 481 Å². The number of pyridine rings is 2. The van der Waals surface area contributed by atoms with Gasteiger partial charge in [0.1, 0.15) is 10.3 Å². The van der Waals surface area contributed by atoms with Gasteiger partial charge >= 0.3 is 18.4 Å². The first-order chi connectivity index (χ1) is 38.9. The van der Waals surface area contributed by atoms with Crippen LogP contribution < -0.4 is 9.47 Å². The maximum atomic E-state index is 15.1. The standard InChI is InChI=1S/C57H67Cl2F6N7O10/c1-4-80-53(77)70-31-29-69(30-32-70)50(74)42-22-24-46(67-48(42)59)82-34-14-12-16-38-26-28-72(52(76)55(79,57(63,64)65)40-19-9-6-10-20-40)36-44(38)43-35-71(51(75)54(78,56(60,61)62)39-17-7-5-8-18-39)27-25-37(43)15-11-13-33-81-45-23-21-41(47(58)66-45)49(73)68(2)3/h5-10,17-24,37-38,43-44,78-79H,4,11-16,25-36H2,1-3H3/t37?,38?,43?,44?,54-,55?/m0/s1. The number of aliphatic hydroxyl groups is 2. The van der Waals surface area contributed by atoms with Gasteiger partial charge in [-0.15, -0.1) is 0 Å². The molecule has 0 saturated carbocycles. The second kappa shape index (κ2) is 27.3. The Balaban J connectivity index is 1.11. The van der Waals surface area contributed by atoms with Gasteiger partial charge < -0.3 is 48.9 Å². The number of alkyl halides is 6. The van der Waals surface area contributed by atoms with Crippen LogP contribution >= 0.6 is 23.2 Å². The molecule has 5 amide bonds. The maximum Gasteiger partial charge on any atom is 0.430 e. The third kappa shape index (κ3) is 14.3. The summed E-state index contributed by atoms with van der Waals surface area (Å²) in [6.45, 7) is 2.10. The summed E-state index contributed by atoms with van der Waals surface area (Å²) in [6, 6.07) is 17.9. The van der Waals surface area contributed by atoms with Gasteiger partial charge in [0.05, 0.1) is 30.9 Å². The van der Waals surface area contributed by atoms with Crippen molar-refractivity contribution in [1.29, 1.82) is 0 Å². The van der Waals surface area contributed by atoms with Gasteiger partial charge in [0.25, 0.3) is 34.8 Å². The SMILES string of the molecule is CCOC(=O)N1CCN(C(=O)c2ccc(OCCCCC3CCN(C(=O)C(O)(c4ccccc4)C(F)(F)F)CC3C3CN(C(=O)[C@@](O)(c4ccccc4)C(F)(F)F)CCC3CCCCOc3ccc(C(=O)N(C)C)c(Cl)n3)nc2Cl)CC1. The molecule has 17 nitrogen and oxygen atoms in total. The molecule has 7 rings (SSSR count). The third-order valence-electron chi connectivity index (χ3n) is 15.6. The number of amides is 5. The van der Waals surface area contributed by atoms with E-state index >= 15 is 26.3 Å². The maximum absolute atomic E-state index is 15.1. The van der Waals surface area contributed by atoms with E-state index in [1.54, 1.807) is 25.9 Å². The van der Waals surface area contributed by atoms with E-state index in [0.29, 0.717) is 38.5 Å². The van der Waals surface area contributed by atoms with Gasteiger partial charge in [-0.3, -0.25) is 19.2 Å². The van der Waals surface area contributed by atoms with Gasteiger partial charge in [0.2, 0.25) is 11.8 Å². The fourth-order valence-corrected chi connectivity index (χ4v) is 11.6. The minimum Gasteiger partial charge on any atom is -0.478 e. The number of piperidine rings is 2. The fourth-order valence-electron chi connectivity index (χ4n) is 11.2. The van der Waals surface area contributed by atoms with Crippen molar-refractivity contribution in [3.05, 3.63) is 117 Å². The molecule has 0 spiro atoms. The lowest BCUT2D eigenvalue weighted by atomic mass is 9.66. The number of rotatable bonds is 20. The minimum atomic E-state index is -5.47. The summed E-state index contributed by atoms with van der Waals surface area (Å²) in [4.78, 5) is 81.6. The Morgan fingerprint density at radius 3 is 1.39 bits per heavy atom. The Bertz CT molecular complexity index is 2850. The van der Waals surface area contributed by atoms with Crippen molar-refractivity contribution in [3.63, 3.8) is 0 Å². The summed E-state index contributed by atoms with van der Waals surface area (Å²) >= 11 is 12.8. The highest BCUT2D eigenvalue weighted by Gasteiger charge is 2.64. The molecule has 25 heteroatoms. The van der Waals surface area contributed by atoms with E-state index in [0.717, 1.165) is 34.1 Å². The van der Waals surface area contributed by atoms with Gasteiger partial charge in [-0.1, -0.05) is 83.9 Å². The molecule has 82 heavy (non-hydrogen) atoms. The Hall–Kier alpha value is -6.43. The number of halogens is 8. The molecule has 5 unspecified atom stereocenters. The third-order valence-corrected chi connectivity index (χ3v) is 16.2. The van der Waals surface area contributed by atoms with Crippen LogP contribution in [0.4, 0.5) is 31.1 Å². The first-order valence-electron chi connectivity index (χ1n) is 27.2. The molecule has 3 fully saturated rings. The van der Waals surface area contributed by atoms with Crippen molar-refractivity contribution in [2.75, 3.05) is 86.3 Å². The van der Waals surface area contributed by atoms with Crippen LogP contribution in [0.3, 0.4) is 0 Å². The number of unbranched alkanes of at least 4 members (excludes halogenated alkanes) is 2. The molecule has 2 aromatic heterocycles. The van der Waals surface area contributed by atoms with Crippen LogP contribution in [0.5, 0.6) is 11.8 Å². The van der Waals surface area contributed by atoms with E-state index < -0.39 is 64.4 Å². The normalized spacial score (nSPS) is 20.3. The lowest BCUT2D eigenvalue weighted by Crippen LogP contribution is -2.61. The second-order valence-corrected chi connectivity index (χ2v) is 21.6. The summed E-state index contributed by atoms with van der Waals surface area (Å²) in [5.74, 6) is -5.95. The largest absolute Gasteiger partial charge is 0.478 e. The molecule has 3 saturated heterocycles. The molecule has 0 radical (unpaired) electrons. The van der Waals surface area contributed by atoms with E-state index in [4.69, 9.17) is 37.4 Å². The zero-order chi connectivity index (χ0) is 59.6. The summed E-state index contributed by atoms with van der Waals surface area (Å²) in [5, 5.41) is 22.9. The van der Waals surface area contributed by atoms with Crippen molar-refractivity contribution in [3.8, 4) is 11.8 Å². The van der Waals surface area contributed by atoms with Crippen LogP contribution in [0.1, 0.15) is 90.1 Å². The molecule has 3 aliphatic rings. The van der Waals surface area contributed by atoms with E-state index in [1.807, 2.05) is 0 Å². The summed E-state index contributed by atoms with van der Waals surface area (Å²) in [5.41, 5.74) is -9.01. The van der Waals surface area contributed by atoms with Crippen molar-refractivity contribution in [2.24, 2.45) is 23.7 Å². The molecule has 446 valence electrons. The Kier molecular flexibility index (Phi) is 21.0. The minimum absolute atomic E-state index is 0.0625. The molecular weight excluding hydrogens is 1130 g/mol. The summed E-state index contributed by atoms with van der Waals surface area (Å²) in [6.07, 6.45) is -8.58. The van der Waals surface area contributed by atoms with Crippen LogP contribution in [0.15, 0.2) is 84.9 Å². The molecule has 0 aliphatic carbocycles. The fraction of sp³-hybridized carbons (Fsp3) is 0.526. The quantitative estimate of drug-likeness (QED) is 0.0485. The average molecular weight is 1200 g/mol. The van der Waals surface area contributed by atoms with Crippen LogP contribution in [-0.4, -0.2) is 173 Å². The van der Waals surface area contributed by atoms with Gasteiger partial charge in [-0.25, -0.2) is 14.8 Å². The first-order valence-corrected chi connectivity index (χ1v) is 28.0. The Morgan fingerprint density at radius 2 is 1.00 bits per heavy atom. The van der Waals surface area contributed by atoms with Crippen LogP contribution in [0, 0.1) is 23.7 Å². The second-order valence-electron chi connectivity index (χ2n) is 20.9. The molecule has 5 heterocycles. The predicted octanol–water partition coefficient (Wildman–Crippen LogP) is 9.03. The number of piperazine rings is 1. The van der Waals surface area contributed by atoms with Crippen LogP contribution in [-0.2, 0) is 25.5 Å². The molecule has 2 N–H and O–H groups in total. The van der Waals surface area contributed by atoms with Crippen molar-refractivity contribution in [1.82, 2.24) is 34.5 Å². The number of hydrogen-bond acceptors (Lipinski definition) is 12. The molecule has 3 aliphatic heterocycles. The van der Waals surface area contributed by atoms with Crippen molar-refractivity contribution < 1.29 is 74.7 Å². The lowest BCUT2D eigenvalue weighted by molar-refractivity contribution is -0.264. The summed E-state index contributed by atoms with van der Waals surface area (Å²) < 4.78 is 107. The lowest BCUT2D eigenvalue weighted by Gasteiger charge is -2.50. The van der Waals surface area contributed by atoms with Gasteiger partial charge in [0.15, 0.2) is 0 Å². The predicted molar refractivity (Wildman–Crippen MR) is 289 cm³/mol. The van der Waals surface area contributed by atoms with Crippen LogP contribution in [0.25, 0.3) is 0 Å². The molecule has 4 aromatic rings. The van der Waals surface area contributed by atoms with Crippen LogP contribution in [0.2, 0.25) is 10.3 Å². The zero-order valence-electron chi connectivity index (χ0n) is 45.6. The number of aromatic nitrogens is 2. The number of benzene rings is 2. The average Bonchev–Trinajstić information content (AvgIpc) is 3.21. The highest BCUT2D eigenvalue weighted by Crippen LogP contribution is 2.47. The van der Waals surface area contributed by atoms with E-state index in [9.17, 15) is 34.2 Å². The number of ether oxygens (including phenoxy) is 3. The van der Waals surface area contributed by atoms with Crippen molar-refractivity contribution >= 4 is 52.9 Å². The number of carbonyl (C=O) groups is 5. The molecule has 2 aromatic carbocycles. The highest BCUT2D eigenvalue weighted by molar-refractivity contribution is 6.33. The molecule has 0 bridgehead atoms. The van der Waals surface area contributed by atoms with Crippen molar-refractivity contribution in [2.45, 2.75) is 81.8 Å². The van der Waals surface area contributed by atoms with Gasteiger partial charge in [0, 0.05) is 89.7 Å². The Morgan fingerprint density at radius 1 is 0.585 bits per heavy atom. The first kappa shape index (κ1) is 63.2. The number of hydrogen-bond donors (Lipinski definition) is 2. The van der Waals surface area contributed by atoms with Gasteiger partial charge in [-0.05, 0) is 94.1 Å². The topological polar surface area (TPSA) is 195 Å². The molecular formula is C57H67Cl2F6N7O10. The monoisotopic (exact) mass is 1190 g/mol. The van der Waals surface area contributed by atoms with E-state index in [-0.39, 0.29) is 142 Å². The van der Waals surface area contributed by atoms with E-state index in [2.05, 4.69) is 9.97 Å². The highest BCUT2D eigenvalue weighted by atomic mass is 35.5. The zero-order valence-corrected chi connectivity index (χ0v) is 47.2. The number of likely N-dealkylation sites (tertiary alicyclic amines) is 2. The molecule has 6 atom stereocenters. The number of carbonyl (C=O) groups excluding carboxylic acids is 5. The smallest absolute Gasteiger partial charge is 0.430 e. The van der Waals surface area contributed by atoms with Gasteiger partial charge in [-0.2, -0.15) is 26.3 Å². The van der Waals surface area contributed by atoms with E-state index in [1.165, 1.54) is 70.5 Å². The summed E-state index contributed by atoms with van der Waals surface area (Å²) in [7, 11) is 3.13. The number of nitrogens with zero attached hydrogens (tertiary/aromatic N) is 7.